The summed E-state index contributed by atoms with van der Waals surface area (Å²) in [5.41, 5.74) is 0.841. The smallest absolute Gasteiger partial charge is 0.174 e. The van der Waals surface area contributed by atoms with Crippen LogP contribution in [0, 0.1) is 6.92 Å². The van der Waals surface area contributed by atoms with Crippen LogP contribution in [-0.2, 0) is 6.61 Å². The van der Waals surface area contributed by atoms with Gasteiger partial charge in [-0.05, 0) is 19.1 Å². The Hall–Kier alpha value is -1.48. The molecular formula is C11H10ClNO2. The topological polar surface area (TPSA) is 35.3 Å². The molecule has 0 aliphatic heterocycles. The normalized spacial score (nSPS) is 10.3. The second-order valence-corrected chi connectivity index (χ2v) is 3.56. The van der Waals surface area contributed by atoms with E-state index in [9.17, 15) is 0 Å². The lowest BCUT2D eigenvalue weighted by atomic mass is 10.3. The van der Waals surface area contributed by atoms with E-state index >= 15 is 0 Å². The molecule has 0 radical (unpaired) electrons. The summed E-state index contributed by atoms with van der Waals surface area (Å²) in [5.74, 6) is 1.33. The van der Waals surface area contributed by atoms with Crippen molar-refractivity contribution in [3.05, 3.63) is 46.8 Å². The van der Waals surface area contributed by atoms with E-state index < -0.39 is 0 Å². The highest BCUT2D eigenvalue weighted by Gasteiger charge is 2.03. The van der Waals surface area contributed by atoms with Gasteiger partial charge in [-0.2, -0.15) is 0 Å². The standard InChI is InChI=1S/C11H10ClNO2/c1-8-6-9(15-13-8)7-14-11-5-3-2-4-10(11)12/h2-6H,7H2,1H3. The second kappa shape index (κ2) is 4.36. The van der Waals surface area contributed by atoms with Crippen molar-refractivity contribution < 1.29 is 9.26 Å². The minimum Gasteiger partial charge on any atom is -0.484 e. The largest absolute Gasteiger partial charge is 0.484 e. The Labute approximate surface area is 92.6 Å². The molecule has 0 fully saturated rings. The van der Waals surface area contributed by atoms with Gasteiger partial charge in [0.05, 0.1) is 10.7 Å². The lowest BCUT2D eigenvalue weighted by Gasteiger charge is -2.04. The molecule has 1 heterocycles. The third kappa shape index (κ3) is 2.50. The molecule has 0 saturated carbocycles. The van der Waals surface area contributed by atoms with Gasteiger partial charge in [0.15, 0.2) is 5.76 Å². The summed E-state index contributed by atoms with van der Waals surface area (Å²) < 4.78 is 10.5. The molecule has 0 aliphatic rings. The zero-order valence-electron chi connectivity index (χ0n) is 8.24. The van der Waals surface area contributed by atoms with Crippen LogP contribution in [-0.4, -0.2) is 5.16 Å². The summed E-state index contributed by atoms with van der Waals surface area (Å²) in [6, 6.07) is 9.14. The fourth-order valence-electron chi connectivity index (χ4n) is 1.19. The van der Waals surface area contributed by atoms with E-state index in [-0.39, 0.29) is 0 Å². The summed E-state index contributed by atoms with van der Waals surface area (Å²) in [6.45, 7) is 2.20. The summed E-state index contributed by atoms with van der Waals surface area (Å²) in [7, 11) is 0. The van der Waals surface area contributed by atoms with Gasteiger partial charge < -0.3 is 9.26 Å². The summed E-state index contributed by atoms with van der Waals surface area (Å²) in [4.78, 5) is 0. The van der Waals surface area contributed by atoms with E-state index in [1.807, 2.05) is 31.2 Å². The molecule has 0 bridgehead atoms. The number of ether oxygens (including phenoxy) is 1. The van der Waals surface area contributed by atoms with Crippen molar-refractivity contribution in [1.82, 2.24) is 5.16 Å². The van der Waals surface area contributed by atoms with Crippen LogP contribution >= 0.6 is 11.6 Å². The number of hydrogen-bond acceptors (Lipinski definition) is 3. The van der Waals surface area contributed by atoms with E-state index in [0.29, 0.717) is 23.1 Å². The molecule has 0 unspecified atom stereocenters. The molecule has 2 aromatic rings. The molecule has 1 aromatic heterocycles. The first-order valence-corrected chi connectivity index (χ1v) is 4.93. The molecule has 1 aromatic carbocycles. The molecule has 0 aliphatic carbocycles. The number of para-hydroxylation sites is 1. The van der Waals surface area contributed by atoms with E-state index in [4.69, 9.17) is 20.9 Å². The van der Waals surface area contributed by atoms with Gasteiger partial charge >= 0.3 is 0 Å². The van der Waals surface area contributed by atoms with Gasteiger partial charge in [0.2, 0.25) is 0 Å². The van der Waals surface area contributed by atoms with E-state index in [1.54, 1.807) is 6.07 Å². The number of aromatic nitrogens is 1. The highest BCUT2D eigenvalue weighted by molar-refractivity contribution is 6.32. The van der Waals surface area contributed by atoms with Crippen molar-refractivity contribution in [3.8, 4) is 5.75 Å². The van der Waals surface area contributed by atoms with Gasteiger partial charge in [0.25, 0.3) is 0 Å². The Morgan fingerprint density at radius 1 is 1.40 bits per heavy atom. The first-order chi connectivity index (χ1) is 7.25. The van der Waals surface area contributed by atoms with Crippen LogP contribution in [0.2, 0.25) is 5.02 Å². The van der Waals surface area contributed by atoms with Crippen molar-refractivity contribution in [2.24, 2.45) is 0 Å². The van der Waals surface area contributed by atoms with Crippen molar-refractivity contribution in [3.63, 3.8) is 0 Å². The molecule has 0 atom stereocenters. The van der Waals surface area contributed by atoms with E-state index in [2.05, 4.69) is 5.16 Å². The number of rotatable bonds is 3. The summed E-state index contributed by atoms with van der Waals surface area (Å²) in [6.07, 6.45) is 0. The maximum Gasteiger partial charge on any atom is 0.174 e. The first-order valence-electron chi connectivity index (χ1n) is 4.55. The molecule has 0 amide bonds. The van der Waals surface area contributed by atoms with E-state index in [1.165, 1.54) is 0 Å². The molecule has 15 heavy (non-hydrogen) atoms. The quantitative estimate of drug-likeness (QED) is 0.802. The minimum absolute atomic E-state index is 0.338. The highest BCUT2D eigenvalue weighted by Crippen LogP contribution is 2.24. The molecule has 0 saturated heterocycles. The molecule has 78 valence electrons. The second-order valence-electron chi connectivity index (χ2n) is 3.15. The van der Waals surface area contributed by atoms with Crippen LogP contribution in [0.15, 0.2) is 34.9 Å². The zero-order valence-corrected chi connectivity index (χ0v) is 8.99. The first kappa shape index (κ1) is 10.1. The Bertz CT molecular complexity index is 453. The zero-order chi connectivity index (χ0) is 10.7. The molecule has 0 spiro atoms. The minimum atomic E-state index is 0.338. The lowest BCUT2D eigenvalue weighted by Crippen LogP contribution is -1.93. The monoisotopic (exact) mass is 223 g/mol. The lowest BCUT2D eigenvalue weighted by molar-refractivity contribution is 0.249. The highest BCUT2D eigenvalue weighted by atomic mass is 35.5. The van der Waals surface area contributed by atoms with Gasteiger partial charge in [0.1, 0.15) is 12.4 Å². The van der Waals surface area contributed by atoms with Crippen LogP contribution < -0.4 is 4.74 Å². The van der Waals surface area contributed by atoms with Crippen LogP contribution in [0.25, 0.3) is 0 Å². The van der Waals surface area contributed by atoms with Gasteiger partial charge in [-0.25, -0.2) is 0 Å². The SMILES string of the molecule is Cc1cc(COc2ccccc2Cl)on1. The Balaban J connectivity index is 2.02. The van der Waals surface area contributed by atoms with Crippen LogP contribution in [0.3, 0.4) is 0 Å². The maximum absolute atomic E-state index is 5.92. The number of halogens is 1. The van der Waals surface area contributed by atoms with Crippen LogP contribution in [0.5, 0.6) is 5.75 Å². The molecule has 4 heteroatoms. The summed E-state index contributed by atoms with van der Waals surface area (Å²) >= 11 is 5.92. The fraction of sp³-hybridized carbons (Fsp3) is 0.182. The van der Waals surface area contributed by atoms with Crippen LogP contribution in [0.1, 0.15) is 11.5 Å². The van der Waals surface area contributed by atoms with Crippen LogP contribution in [0.4, 0.5) is 0 Å². The third-order valence-electron chi connectivity index (χ3n) is 1.88. The summed E-state index contributed by atoms with van der Waals surface area (Å²) in [5, 5.41) is 4.35. The molecule has 2 rings (SSSR count). The molecular weight excluding hydrogens is 214 g/mol. The number of hydrogen-bond donors (Lipinski definition) is 0. The van der Waals surface area contributed by atoms with Crippen molar-refractivity contribution in [2.45, 2.75) is 13.5 Å². The Morgan fingerprint density at radius 2 is 2.20 bits per heavy atom. The fourth-order valence-corrected chi connectivity index (χ4v) is 1.39. The number of aryl methyl sites for hydroxylation is 1. The molecule has 0 N–H and O–H groups in total. The van der Waals surface area contributed by atoms with Gasteiger partial charge in [0, 0.05) is 6.07 Å². The van der Waals surface area contributed by atoms with Gasteiger partial charge in [-0.3, -0.25) is 0 Å². The average molecular weight is 224 g/mol. The Kier molecular flexibility index (Phi) is 2.92. The Morgan fingerprint density at radius 3 is 2.87 bits per heavy atom. The van der Waals surface area contributed by atoms with E-state index in [0.717, 1.165) is 5.69 Å². The van der Waals surface area contributed by atoms with Gasteiger partial charge in [-0.1, -0.05) is 28.9 Å². The van der Waals surface area contributed by atoms with Crippen molar-refractivity contribution in [2.75, 3.05) is 0 Å². The average Bonchev–Trinajstić information content (AvgIpc) is 2.63. The van der Waals surface area contributed by atoms with Crippen molar-refractivity contribution >= 4 is 11.6 Å². The predicted molar refractivity (Wildman–Crippen MR) is 57.0 cm³/mol. The number of benzene rings is 1. The third-order valence-corrected chi connectivity index (χ3v) is 2.20. The van der Waals surface area contributed by atoms with Crippen molar-refractivity contribution in [1.29, 1.82) is 0 Å². The maximum atomic E-state index is 5.92. The number of nitrogens with zero attached hydrogens (tertiary/aromatic N) is 1. The molecule has 3 nitrogen and oxygen atoms in total. The predicted octanol–water partition coefficient (Wildman–Crippen LogP) is 3.22. The van der Waals surface area contributed by atoms with Gasteiger partial charge in [-0.15, -0.1) is 0 Å².